The molecule has 0 aliphatic carbocycles. The molecule has 0 aromatic carbocycles. The van der Waals surface area contributed by atoms with E-state index in [0.717, 1.165) is 16.7 Å². The van der Waals surface area contributed by atoms with Crippen LogP contribution in [-0.2, 0) is 44.4 Å². The molecule has 0 radical (unpaired) electrons. The zero-order chi connectivity index (χ0) is 49.2. The number of rotatable bonds is 12. The monoisotopic (exact) mass is 1020 g/mol. The van der Waals surface area contributed by atoms with Gasteiger partial charge in [0.2, 0.25) is 5.89 Å². The first-order chi connectivity index (χ1) is 33.1. The Morgan fingerprint density at radius 3 is 2.57 bits per heavy atom. The molecule has 5 aliphatic heterocycles. The van der Waals surface area contributed by atoms with Crippen LogP contribution in [0.4, 0.5) is 0 Å². The third kappa shape index (κ3) is 14.6. The summed E-state index contributed by atoms with van der Waals surface area (Å²) in [4.78, 5) is 24.8. The van der Waals surface area contributed by atoms with Crippen LogP contribution in [-0.4, -0.2) is 118 Å². The Bertz CT molecular complexity index is 2210. The molecule has 69 heavy (non-hydrogen) atoms. The van der Waals surface area contributed by atoms with Crippen LogP contribution in [0.1, 0.15) is 121 Å². The highest BCUT2D eigenvalue weighted by Crippen LogP contribution is 2.40. The molecule has 7 heterocycles. The first kappa shape index (κ1) is 53.0. The molecular formula is C53H71BrN2O13. The zero-order valence-electron chi connectivity index (χ0n) is 40.7. The van der Waals surface area contributed by atoms with Crippen molar-refractivity contribution in [2.75, 3.05) is 14.2 Å². The van der Waals surface area contributed by atoms with Gasteiger partial charge in [-0.15, -0.1) is 0 Å². The number of hydrogen-bond donors (Lipinski definition) is 3. The molecule has 0 spiro atoms. The lowest BCUT2D eigenvalue weighted by Crippen LogP contribution is -2.51. The first-order valence-electron chi connectivity index (χ1n) is 24.3. The fraction of sp³-hybridized carbons (Fsp3) is 0.604. The molecular weight excluding hydrogens is 952 g/mol. The number of nitrogens with zero attached hydrogens (tertiary/aromatic N) is 2. The number of oxazole rings is 2. The third-order valence-electron chi connectivity index (χ3n) is 13.9. The maximum Gasteiger partial charge on any atom is 0.330 e. The van der Waals surface area contributed by atoms with E-state index in [-0.39, 0.29) is 67.2 Å². The summed E-state index contributed by atoms with van der Waals surface area (Å²) in [5.74, 6) is -1.95. The quantitative estimate of drug-likeness (QED) is 0.104. The van der Waals surface area contributed by atoms with E-state index in [1.54, 1.807) is 37.6 Å². The molecule has 8 bridgehead atoms. The van der Waals surface area contributed by atoms with Crippen molar-refractivity contribution in [1.29, 1.82) is 0 Å². The standard InChI is InChI=1S/C53H71BrN2O13/c1-31(16-17-38(61-6)12-10-18-54)21-44(58)47-26-42(62-7)27-53(60,69-47)28-49-55-36(29-63-49)22-33(3)51-35(5)52-34(4)45(67-51)13-9-14-48-56-43(30-64-48)46-24-37(57)23-41(66-46)25-40-20-32(2)19-39(65-40)11-8-15-50(59)68-52/h8-10,14-18,21-22,29-30,34-35,37-42,44-47,51-52,57-58,60H,2,11-13,19-20,23-28H2,1,3-7H3/t34-,35-,37-,38-,39-,40+,41-,42-,44-,45+,46+,47-,51-,52-,53+/m0/s1. The summed E-state index contributed by atoms with van der Waals surface area (Å²) in [5.41, 5.74) is 3.86. The van der Waals surface area contributed by atoms with Gasteiger partial charge in [-0.1, -0.05) is 84.0 Å². The van der Waals surface area contributed by atoms with Gasteiger partial charge in [0.15, 0.2) is 11.7 Å². The Kier molecular flexibility index (Phi) is 18.9. The predicted octanol–water partition coefficient (Wildman–Crippen LogP) is 8.76. The van der Waals surface area contributed by atoms with Gasteiger partial charge in [0.25, 0.3) is 0 Å². The predicted molar refractivity (Wildman–Crippen MR) is 261 cm³/mol. The molecule has 4 fully saturated rings. The molecule has 15 nitrogen and oxygen atoms in total. The van der Waals surface area contributed by atoms with E-state index in [1.165, 1.54) is 12.3 Å². The maximum atomic E-state index is 13.6. The zero-order valence-corrected chi connectivity index (χ0v) is 42.3. The Morgan fingerprint density at radius 2 is 1.78 bits per heavy atom. The van der Waals surface area contributed by atoms with E-state index in [0.29, 0.717) is 75.1 Å². The van der Waals surface area contributed by atoms with Gasteiger partial charge in [0.05, 0.1) is 67.5 Å². The molecule has 7 rings (SSSR count). The Labute approximate surface area is 414 Å². The van der Waals surface area contributed by atoms with Crippen LogP contribution in [0.25, 0.3) is 12.2 Å². The number of halogens is 1. The number of carbonyl (C=O) groups excluding carboxylic acids is 1. The van der Waals surface area contributed by atoms with Gasteiger partial charge in [-0.25, -0.2) is 14.8 Å². The largest absolute Gasteiger partial charge is 0.458 e. The number of ether oxygens (including phenoxy) is 7. The number of allylic oxidation sites excluding steroid dienone is 2. The normalized spacial score (nSPS) is 35.2. The van der Waals surface area contributed by atoms with Gasteiger partial charge in [-0.2, -0.15) is 0 Å². The van der Waals surface area contributed by atoms with E-state index in [4.69, 9.17) is 52.0 Å². The number of fused-ring (bicyclic) bond motifs is 9. The summed E-state index contributed by atoms with van der Waals surface area (Å²) < 4.78 is 55.2. The Hall–Kier alpha value is -3.81. The van der Waals surface area contributed by atoms with Crippen molar-refractivity contribution >= 4 is 34.1 Å². The molecule has 3 N–H and O–H groups in total. The van der Waals surface area contributed by atoms with E-state index in [9.17, 15) is 20.1 Å². The van der Waals surface area contributed by atoms with Gasteiger partial charge in [0, 0.05) is 57.8 Å². The number of aliphatic hydroxyl groups is 3. The molecule has 5 aliphatic rings. The van der Waals surface area contributed by atoms with Crippen molar-refractivity contribution in [2.45, 2.75) is 177 Å². The average Bonchev–Trinajstić information content (AvgIpc) is 3.96. The van der Waals surface area contributed by atoms with Crippen molar-refractivity contribution in [3.8, 4) is 0 Å². The molecule has 378 valence electrons. The van der Waals surface area contributed by atoms with Crippen molar-refractivity contribution < 1.29 is 62.1 Å². The second-order valence-electron chi connectivity index (χ2n) is 19.5. The van der Waals surface area contributed by atoms with Gasteiger partial charge in [-0.05, 0) is 75.1 Å². The fourth-order valence-corrected chi connectivity index (χ4v) is 10.6. The summed E-state index contributed by atoms with van der Waals surface area (Å²) in [5, 5.41) is 33.9. The molecule has 2 aromatic heterocycles. The second kappa shape index (κ2) is 24.5. The number of carbonyl (C=O) groups is 1. The van der Waals surface area contributed by atoms with Gasteiger partial charge >= 0.3 is 5.97 Å². The summed E-state index contributed by atoms with van der Waals surface area (Å²) >= 11 is 3.28. The minimum Gasteiger partial charge on any atom is -0.458 e. The molecule has 15 atom stereocenters. The van der Waals surface area contributed by atoms with Gasteiger partial charge in [0.1, 0.15) is 36.1 Å². The number of aliphatic hydroxyl groups excluding tert-OH is 2. The van der Waals surface area contributed by atoms with E-state index in [2.05, 4.69) is 22.5 Å². The Balaban J connectivity index is 1.06. The lowest BCUT2D eigenvalue weighted by atomic mass is 9.79. The highest BCUT2D eigenvalue weighted by atomic mass is 79.9. The topological polar surface area (TPSA) is 194 Å². The van der Waals surface area contributed by atoms with E-state index < -0.39 is 48.4 Å². The molecule has 4 saturated heterocycles. The highest BCUT2D eigenvalue weighted by molar-refractivity contribution is 9.11. The smallest absolute Gasteiger partial charge is 0.330 e. The Morgan fingerprint density at radius 1 is 0.986 bits per heavy atom. The summed E-state index contributed by atoms with van der Waals surface area (Å²) in [6, 6.07) is 0. The van der Waals surface area contributed by atoms with Crippen LogP contribution in [0, 0.1) is 11.8 Å². The molecule has 0 unspecified atom stereocenters. The maximum absolute atomic E-state index is 13.6. The molecule has 0 amide bonds. The van der Waals surface area contributed by atoms with Gasteiger partial charge < -0.3 is 57.3 Å². The third-order valence-corrected chi connectivity index (χ3v) is 14.2. The number of hydrogen-bond acceptors (Lipinski definition) is 15. The highest BCUT2D eigenvalue weighted by Gasteiger charge is 2.45. The number of aromatic nitrogens is 2. The van der Waals surface area contributed by atoms with Crippen molar-refractivity contribution in [3.63, 3.8) is 0 Å². The molecule has 16 heteroatoms. The summed E-state index contributed by atoms with van der Waals surface area (Å²) in [7, 11) is 3.22. The fourth-order valence-electron chi connectivity index (χ4n) is 10.4. The second-order valence-corrected chi connectivity index (χ2v) is 20.0. The van der Waals surface area contributed by atoms with Crippen LogP contribution in [0.5, 0.6) is 0 Å². The molecule has 2 aromatic rings. The first-order valence-corrected chi connectivity index (χ1v) is 25.2. The van der Waals surface area contributed by atoms with Crippen LogP contribution < -0.4 is 0 Å². The minimum absolute atomic E-state index is 0.0830. The molecule has 0 saturated carbocycles. The van der Waals surface area contributed by atoms with Crippen LogP contribution >= 0.6 is 15.9 Å². The SMILES string of the molecule is C=C1C[C@@H]2C[C@@H]3C[C@H](O)C[C@@H](O3)c3coc(n3)C=CC[C@H]3O[C@@H](C(C)=Cc4coc(C[C@@]5(O)C[C@@H](OC)C[C@@H]([C@@H](O)C=C(C)C=C[C@H](CC=CBr)OC)O5)n4)[C@H](C)[C@@H](OC(=O)C=CC[C@@H](C1)O2)[C@H]3C. The van der Waals surface area contributed by atoms with Crippen LogP contribution in [0.3, 0.4) is 0 Å². The van der Waals surface area contributed by atoms with Gasteiger partial charge in [-0.3, -0.25) is 0 Å². The number of esters is 1. The number of methoxy groups -OCH3 is 2. The minimum atomic E-state index is -1.73. The van der Waals surface area contributed by atoms with E-state index in [1.807, 2.05) is 64.2 Å². The van der Waals surface area contributed by atoms with E-state index >= 15 is 0 Å². The van der Waals surface area contributed by atoms with Crippen molar-refractivity contribution in [2.24, 2.45) is 11.8 Å². The average molecular weight is 1020 g/mol. The van der Waals surface area contributed by atoms with Crippen molar-refractivity contribution in [3.05, 3.63) is 107 Å². The van der Waals surface area contributed by atoms with Crippen LogP contribution in [0.15, 0.2) is 92.2 Å². The summed E-state index contributed by atoms with van der Waals surface area (Å²) in [6.45, 7) is 12.2. The lowest BCUT2D eigenvalue weighted by Gasteiger charge is -2.44. The van der Waals surface area contributed by atoms with Crippen molar-refractivity contribution in [1.82, 2.24) is 9.97 Å². The lowest BCUT2D eigenvalue weighted by molar-refractivity contribution is -0.286. The van der Waals surface area contributed by atoms with Crippen LogP contribution in [0.2, 0.25) is 0 Å². The summed E-state index contributed by atoms with van der Waals surface area (Å²) in [6.07, 6.45) is 19.5.